The predicted octanol–water partition coefficient (Wildman–Crippen LogP) is 4.25. The predicted molar refractivity (Wildman–Crippen MR) is 88.1 cm³/mol. The van der Waals surface area contributed by atoms with Crippen LogP contribution in [0.15, 0.2) is 11.6 Å². The molecule has 21 heavy (non-hydrogen) atoms. The van der Waals surface area contributed by atoms with E-state index in [-0.39, 0.29) is 16.2 Å². The van der Waals surface area contributed by atoms with E-state index >= 15 is 0 Å². The molecule has 0 aromatic rings. The Hall–Kier alpha value is -1.32. The molecule has 2 rings (SSSR count). The molecule has 2 aliphatic carbocycles. The van der Waals surface area contributed by atoms with Crippen LogP contribution in [0.5, 0.6) is 0 Å². The third-order valence-electron chi connectivity index (χ3n) is 5.52. The van der Waals surface area contributed by atoms with Crippen molar-refractivity contribution in [1.82, 2.24) is 0 Å². The molecule has 0 aromatic heterocycles. The second-order valence-corrected chi connectivity index (χ2v) is 13.0. The SMILES string of the molecule is CC(C)(C)[Si](C)(C)C#CC12CCCC1=CC(=O)C(C#N)C2. The highest BCUT2D eigenvalue weighted by Crippen LogP contribution is 2.50. The molecule has 0 aliphatic heterocycles. The van der Waals surface area contributed by atoms with Crippen LogP contribution in [-0.4, -0.2) is 13.9 Å². The molecule has 1 saturated carbocycles. The Kier molecular flexibility index (Phi) is 3.93. The fourth-order valence-electron chi connectivity index (χ4n) is 2.91. The quantitative estimate of drug-likeness (QED) is 0.495. The molecule has 1 fully saturated rings. The maximum absolute atomic E-state index is 11.9. The van der Waals surface area contributed by atoms with Gasteiger partial charge in [-0.15, -0.1) is 5.54 Å². The molecule has 0 radical (unpaired) electrons. The highest BCUT2D eigenvalue weighted by atomic mass is 28.3. The van der Waals surface area contributed by atoms with Gasteiger partial charge in [-0.3, -0.25) is 4.79 Å². The van der Waals surface area contributed by atoms with E-state index < -0.39 is 14.0 Å². The highest BCUT2D eigenvalue weighted by molar-refractivity contribution is 6.87. The molecular weight excluding hydrogens is 274 g/mol. The topological polar surface area (TPSA) is 40.9 Å². The summed E-state index contributed by atoms with van der Waals surface area (Å²) in [4.78, 5) is 11.9. The Labute approximate surface area is 129 Å². The third kappa shape index (κ3) is 2.85. The van der Waals surface area contributed by atoms with Crippen LogP contribution in [0.25, 0.3) is 0 Å². The lowest BCUT2D eigenvalue weighted by Gasteiger charge is -2.34. The smallest absolute Gasteiger partial charge is 0.172 e. The average Bonchev–Trinajstić information content (AvgIpc) is 2.77. The number of hydrogen-bond donors (Lipinski definition) is 0. The lowest BCUT2D eigenvalue weighted by molar-refractivity contribution is -0.117. The second kappa shape index (κ2) is 5.15. The van der Waals surface area contributed by atoms with Gasteiger partial charge >= 0.3 is 0 Å². The Balaban J connectivity index is 2.41. The number of nitriles is 1. The van der Waals surface area contributed by atoms with Crippen molar-refractivity contribution in [3.8, 4) is 17.5 Å². The summed E-state index contributed by atoms with van der Waals surface area (Å²) >= 11 is 0. The number of nitrogens with zero attached hydrogens (tertiary/aromatic N) is 1. The van der Waals surface area contributed by atoms with Crippen LogP contribution < -0.4 is 0 Å². The minimum absolute atomic E-state index is 0.0147. The molecule has 2 aliphatic rings. The van der Waals surface area contributed by atoms with Gasteiger partial charge in [-0.2, -0.15) is 5.26 Å². The fraction of sp³-hybridized carbons (Fsp3) is 0.667. The van der Waals surface area contributed by atoms with Crippen molar-refractivity contribution >= 4 is 13.9 Å². The van der Waals surface area contributed by atoms with Gasteiger partial charge in [-0.1, -0.05) is 39.8 Å². The lowest BCUT2D eigenvalue weighted by Crippen LogP contribution is -2.37. The standard InChI is InChI=1S/C18H25NOSi/c1-17(2,3)21(4,5)10-9-18-8-6-7-15(18)11-16(20)14(12-18)13-19/h11,14H,6-8,12H2,1-5H3. The van der Waals surface area contributed by atoms with Crippen LogP contribution in [0.3, 0.4) is 0 Å². The number of allylic oxidation sites excluding steroid dienone is 2. The van der Waals surface area contributed by atoms with E-state index in [4.69, 9.17) is 0 Å². The van der Waals surface area contributed by atoms with Crippen molar-refractivity contribution in [2.45, 2.75) is 64.6 Å². The summed E-state index contributed by atoms with van der Waals surface area (Å²) in [5.74, 6) is 3.05. The van der Waals surface area contributed by atoms with E-state index in [2.05, 4.69) is 51.4 Å². The molecule has 0 amide bonds. The van der Waals surface area contributed by atoms with Gasteiger partial charge in [-0.25, -0.2) is 0 Å². The molecule has 0 bridgehead atoms. The molecule has 2 atom stereocenters. The molecular formula is C18H25NOSi. The van der Waals surface area contributed by atoms with Gasteiger partial charge in [0.05, 0.1) is 11.5 Å². The van der Waals surface area contributed by atoms with E-state index in [0.29, 0.717) is 6.42 Å². The van der Waals surface area contributed by atoms with Gasteiger partial charge in [0.25, 0.3) is 0 Å². The second-order valence-electron chi connectivity index (χ2n) is 8.02. The van der Waals surface area contributed by atoms with E-state index in [0.717, 1.165) is 19.3 Å². The van der Waals surface area contributed by atoms with Crippen molar-refractivity contribution in [2.24, 2.45) is 11.3 Å². The summed E-state index contributed by atoms with van der Waals surface area (Å²) in [6.07, 6.45) is 5.39. The van der Waals surface area contributed by atoms with Gasteiger partial charge < -0.3 is 0 Å². The number of ketones is 1. The van der Waals surface area contributed by atoms with Gasteiger partial charge in [0.2, 0.25) is 0 Å². The molecule has 0 saturated heterocycles. The molecule has 2 nitrogen and oxygen atoms in total. The van der Waals surface area contributed by atoms with Crippen molar-refractivity contribution < 1.29 is 4.79 Å². The number of fused-ring (bicyclic) bond motifs is 1. The average molecular weight is 299 g/mol. The lowest BCUT2D eigenvalue weighted by atomic mass is 9.70. The van der Waals surface area contributed by atoms with E-state index in [1.807, 2.05) is 0 Å². The zero-order valence-electron chi connectivity index (χ0n) is 13.8. The third-order valence-corrected chi connectivity index (χ3v) is 10.0. The van der Waals surface area contributed by atoms with Crippen molar-refractivity contribution in [3.63, 3.8) is 0 Å². The zero-order valence-corrected chi connectivity index (χ0v) is 14.8. The van der Waals surface area contributed by atoms with Crippen molar-refractivity contribution in [3.05, 3.63) is 11.6 Å². The van der Waals surface area contributed by atoms with Gasteiger partial charge in [-0.05, 0) is 42.4 Å². The van der Waals surface area contributed by atoms with Crippen molar-refractivity contribution in [1.29, 1.82) is 5.26 Å². The van der Waals surface area contributed by atoms with Crippen LogP contribution in [0.1, 0.15) is 46.5 Å². The molecule has 112 valence electrons. The van der Waals surface area contributed by atoms with Crippen molar-refractivity contribution in [2.75, 3.05) is 0 Å². The Morgan fingerprint density at radius 2 is 2.05 bits per heavy atom. The van der Waals surface area contributed by atoms with Crippen LogP contribution in [0.2, 0.25) is 18.1 Å². The number of carbonyl (C=O) groups is 1. The summed E-state index contributed by atoms with van der Waals surface area (Å²) in [5, 5.41) is 9.45. The Bertz CT molecular complexity index is 591. The molecule has 3 heteroatoms. The monoisotopic (exact) mass is 299 g/mol. The number of carbonyl (C=O) groups excluding carboxylic acids is 1. The van der Waals surface area contributed by atoms with Gasteiger partial charge in [0, 0.05) is 0 Å². The first-order valence-corrected chi connectivity index (χ1v) is 10.8. The van der Waals surface area contributed by atoms with Crippen LogP contribution in [-0.2, 0) is 4.79 Å². The summed E-state index contributed by atoms with van der Waals surface area (Å²) in [6.45, 7) is 11.4. The summed E-state index contributed by atoms with van der Waals surface area (Å²) in [6, 6.07) is 2.17. The zero-order chi connectivity index (χ0) is 15.9. The van der Waals surface area contributed by atoms with E-state index in [9.17, 15) is 10.1 Å². The van der Waals surface area contributed by atoms with Gasteiger partial charge in [0.1, 0.15) is 14.0 Å². The maximum Gasteiger partial charge on any atom is 0.172 e. The Morgan fingerprint density at radius 3 is 2.62 bits per heavy atom. The van der Waals surface area contributed by atoms with Gasteiger partial charge in [0.15, 0.2) is 5.78 Å². The molecule has 0 spiro atoms. The first-order valence-electron chi connectivity index (χ1n) is 7.80. The summed E-state index contributed by atoms with van der Waals surface area (Å²) in [7, 11) is -1.66. The largest absolute Gasteiger partial charge is 0.293 e. The molecule has 2 unspecified atom stereocenters. The van der Waals surface area contributed by atoms with Crippen LogP contribution in [0.4, 0.5) is 0 Å². The number of hydrogen-bond acceptors (Lipinski definition) is 2. The Morgan fingerprint density at radius 1 is 1.38 bits per heavy atom. The van der Waals surface area contributed by atoms with Crippen LogP contribution in [0, 0.1) is 34.1 Å². The van der Waals surface area contributed by atoms with E-state index in [1.54, 1.807) is 6.08 Å². The number of rotatable bonds is 0. The minimum Gasteiger partial charge on any atom is -0.293 e. The highest BCUT2D eigenvalue weighted by Gasteiger charge is 2.44. The summed E-state index contributed by atoms with van der Waals surface area (Å²) in [5.41, 5.74) is 4.61. The molecule has 0 N–H and O–H groups in total. The van der Waals surface area contributed by atoms with E-state index in [1.165, 1.54) is 5.57 Å². The first-order chi connectivity index (χ1) is 9.61. The molecule has 0 aromatic carbocycles. The normalized spacial score (nSPS) is 29.0. The van der Waals surface area contributed by atoms with Crippen LogP contribution >= 0.6 is 0 Å². The maximum atomic E-state index is 11.9. The fourth-order valence-corrected chi connectivity index (χ4v) is 3.84. The minimum atomic E-state index is -1.66. The summed E-state index contributed by atoms with van der Waals surface area (Å²) < 4.78 is 0. The first kappa shape index (κ1) is 16.1. The molecule has 0 heterocycles.